The van der Waals surface area contributed by atoms with Crippen LogP contribution >= 0.6 is 0 Å². The van der Waals surface area contributed by atoms with E-state index in [0.29, 0.717) is 41.2 Å². The molecule has 7 nitrogen and oxygen atoms in total. The molecule has 7 heteroatoms. The topological polar surface area (TPSA) is 78.7 Å². The van der Waals surface area contributed by atoms with Crippen molar-refractivity contribution in [2.45, 2.75) is 33.4 Å². The van der Waals surface area contributed by atoms with E-state index in [2.05, 4.69) is 18.8 Å². The number of aromatic nitrogens is 5. The zero-order valence-electron chi connectivity index (χ0n) is 16.4. The van der Waals surface area contributed by atoms with Crippen molar-refractivity contribution in [2.24, 2.45) is 5.92 Å². The monoisotopic (exact) mass is 387 g/mol. The molecule has 0 N–H and O–H groups in total. The van der Waals surface area contributed by atoms with Gasteiger partial charge >= 0.3 is 0 Å². The first-order valence-corrected chi connectivity index (χ1v) is 9.78. The van der Waals surface area contributed by atoms with E-state index in [1.165, 1.54) is 0 Å². The molecule has 5 rings (SSSR count). The second-order valence-corrected chi connectivity index (χ2v) is 7.67. The highest BCUT2D eigenvalue weighted by Crippen LogP contribution is 2.26. The Bertz CT molecular complexity index is 1380. The van der Waals surface area contributed by atoms with Crippen molar-refractivity contribution in [1.29, 1.82) is 0 Å². The van der Waals surface area contributed by atoms with E-state index < -0.39 is 0 Å². The Balaban J connectivity index is 1.81. The number of nitrogens with zero attached hydrogens (tertiary/aromatic N) is 5. The standard InChI is InChI=1S/C22H21N5O2/c1-14(2)9-10-26-13-23-20-18(22(26)28)19-21(27(20)12-15-6-5-11-29-15)25-17-8-4-3-7-16(17)24-19/h3-8,11,13-14H,9-10,12H2,1-2H3. The SMILES string of the molecule is CC(C)CCn1cnc2c(c1=O)c1nc3ccccc3nc1n2Cc1ccco1. The van der Waals surface area contributed by atoms with E-state index in [1.54, 1.807) is 17.2 Å². The number of fused-ring (bicyclic) bond motifs is 4. The summed E-state index contributed by atoms with van der Waals surface area (Å²) in [4.78, 5) is 27.6. The number of hydrogen-bond acceptors (Lipinski definition) is 5. The maximum absolute atomic E-state index is 13.3. The van der Waals surface area contributed by atoms with Crippen LogP contribution in [-0.4, -0.2) is 24.1 Å². The molecular formula is C22H21N5O2. The normalized spacial score (nSPS) is 12.0. The maximum atomic E-state index is 13.3. The molecule has 146 valence electrons. The van der Waals surface area contributed by atoms with E-state index in [0.717, 1.165) is 23.2 Å². The number of benzene rings is 1. The average molecular weight is 387 g/mol. The molecule has 4 aromatic heterocycles. The highest BCUT2D eigenvalue weighted by molar-refractivity contribution is 6.04. The molecular weight excluding hydrogens is 366 g/mol. The maximum Gasteiger partial charge on any atom is 0.265 e. The molecule has 0 unspecified atom stereocenters. The van der Waals surface area contributed by atoms with Crippen LogP contribution in [0.25, 0.3) is 33.2 Å². The van der Waals surface area contributed by atoms with Crippen LogP contribution in [0.5, 0.6) is 0 Å². The first kappa shape index (κ1) is 17.6. The van der Waals surface area contributed by atoms with Gasteiger partial charge in [0.25, 0.3) is 5.56 Å². The van der Waals surface area contributed by atoms with Gasteiger partial charge in [0.05, 0.1) is 30.2 Å². The van der Waals surface area contributed by atoms with Gasteiger partial charge in [-0.05, 0) is 36.6 Å². The van der Waals surface area contributed by atoms with Crippen LogP contribution in [0, 0.1) is 5.92 Å². The second kappa shape index (κ2) is 6.84. The fourth-order valence-corrected chi connectivity index (χ4v) is 3.60. The van der Waals surface area contributed by atoms with Crippen molar-refractivity contribution in [3.8, 4) is 0 Å². The lowest BCUT2D eigenvalue weighted by molar-refractivity contribution is 0.497. The van der Waals surface area contributed by atoms with Gasteiger partial charge in [-0.2, -0.15) is 0 Å². The van der Waals surface area contributed by atoms with Crippen LogP contribution in [0.2, 0.25) is 0 Å². The molecule has 0 bridgehead atoms. The summed E-state index contributed by atoms with van der Waals surface area (Å²) in [7, 11) is 0. The van der Waals surface area contributed by atoms with Crippen molar-refractivity contribution in [3.05, 3.63) is 65.1 Å². The Labute approximate surface area is 166 Å². The Kier molecular flexibility index (Phi) is 4.16. The molecule has 0 fully saturated rings. The number of rotatable bonds is 5. The predicted molar refractivity (Wildman–Crippen MR) is 112 cm³/mol. The highest BCUT2D eigenvalue weighted by Gasteiger charge is 2.20. The van der Waals surface area contributed by atoms with Crippen molar-refractivity contribution in [1.82, 2.24) is 24.1 Å². The smallest absolute Gasteiger partial charge is 0.265 e. The van der Waals surface area contributed by atoms with Crippen LogP contribution < -0.4 is 5.56 Å². The lowest BCUT2D eigenvalue weighted by Gasteiger charge is -2.08. The van der Waals surface area contributed by atoms with Gasteiger partial charge in [0.1, 0.15) is 16.7 Å². The summed E-state index contributed by atoms with van der Waals surface area (Å²) in [6, 6.07) is 11.4. The minimum absolute atomic E-state index is 0.0802. The number of furan rings is 1. The summed E-state index contributed by atoms with van der Waals surface area (Å²) in [5.41, 5.74) is 3.27. The molecule has 1 aromatic carbocycles. The molecule has 29 heavy (non-hydrogen) atoms. The van der Waals surface area contributed by atoms with E-state index in [1.807, 2.05) is 41.0 Å². The quantitative estimate of drug-likeness (QED) is 0.456. The lowest BCUT2D eigenvalue weighted by atomic mass is 10.1. The summed E-state index contributed by atoms with van der Waals surface area (Å²) in [6.07, 6.45) is 4.17. The summed E-state index contributed by atoms with van der Waals surface area (Å²) in [5, 5.41) is 0.510. The minimum Gasteiger partial charge on any atom is -0.467 e. The molecule has 0 aliphatic rings. The van der Waals surface area contributed by atoms with Crippen LogP contribution in [0.15, 0.2) is 58.2 Å². The van der Waals surface area contributed by atoms with Crippen LogP contribution in [0.3, 0.4) is 0 Å². The van der Waals surface area contributed by atoms with Crippen molar-refractivity contribution >= 4 is 33.2 Å². The van der Waals surface area contributed by atoms with Crippen molar-refractivity contribution < 1.29 is 4.42 Å². The highest BCUT2D eigenvalue weighted by atomic mass is 16.3. The van der Waals surface area contributed by atoms with Gasteiger partial charge < -0.3 is 8.98 Å². The minimum atomic E-state index is -0.0802. The Morgan fingerprint density at radius 1 is 1.03 bits per heavy atom. The third-order valence-corrected chi connectivity index (χ3v) is 5.16. The summed E-state index contributed by atoms with van der Waals surface area (Å²) >= 11 is 0. The third kappa shape index (κ3) is 2.99. The first-order chi connectivity index (χ1) is 14.1. The van der Waals surface area contributed by atoms with Crippen molar-refractivity contribution in [3.63, 3.8) is 0 Å². The Hall–Kier alpha value is -3.48. The lowest BCUT2D eigenvalue weighted by Crippen LogP contribution is -2.21. The summed E-state index contributed by atoms with van der Waals surface area (Å²) < 4.78 is 9.12. The van der Waals surface area contributed by atoms with Crippen molar-refractivity contribution in [2.75, 3.05) is 0 Å². The zero-order valence-corrected chi connectivity index (χ0v) is 16.4. The van der Waals surface area contributed by atoms with Gasteiger partial charge in [-0.3, -0.25) is 9.36 Å². The van der Waals surface area contributed by atoms with E-state index in [-0.39, 0.29) is 5.56 Å². The molecule has 5 aromatic rings. The molecule has 0 saturated carbocycles. The predicted octanol–water partition coefficient (Wildman–Crippen LogP) is 3.98. The molecule has 4 heterocycles. The molecule has 0 atom stereocenters. The molecule has 0 aliphatic heterocycles. The van der Waals surface area contributed by atoms with Gasteiger partial charge in [-0.1, -0.05) is 26.0 Å². The molecule has 0 saturated heterocycles. The third-order valence-electron chi connectivity index (χ3n) is 5.16. The number of hydrogen-bond donors (Lipinski definition) is 0. The van der Waals surface area contributed by atoms with Crippen LogP contribution in [0.1, 0.15) is 26.0 Å². The fourth-order valence-electron chi connectivity index (χ4n) is 3.60. The summed E-state index contributed by atoms with van der Waals surface area (Å²) in [6.45, 7) is 5.35. The van der Waals surface area contributed by atoms with E-state index in [4.69, 9.17) is 14.4 Å². The average Bonchev–Trinajstić information content (AvgIpc) is 3.33. The Morgan fingerprint density at radius 3 is 2.55 bits per heavy atom. The second-order valence-electron chi connectivity index (χ2n) is 7.67. The number of para-hydroxylation sites is 2. The van der Waals surface area contributed by atoms with Gasteiger partial charge in [0.15, 0.2) is 11.3 Å². The van der Waals surface area contributed by atoms with Gasteiger partial charge in [0, 0.05) is 6.54 Å². The van der Waals surface area contributed by atoms with Crippen LogP contribution in [0.4, 0.5) is 0 Å². The van der Waals surface area contributed by atoms with Crippen LogP contribution in [-0.2, 0) is 13.1 Å². The number of aryl methyl sites for hydroxylation is 1. The zero-order chi connectivity index (χ0) is 20.0. The van der Waals surface area contributed by atoms with Gasteiger partial charge in [-0.15, -0.1) is 0 Å². The Morgan fingerprint density at radius 2 is 1.83 bits per heavy atom. The fraction of sp³-hybridized carbons (Fsp3) is 0.273. The van der Waals surface area contributed by atoms with E-state index in [9.17, 15) is 4.79 Å². The first-order valence-electron chi connectivity index (χ1n) is 9.78. The molecule has 0 aliphatic carbocycles. The van der Waals surface area contributed by atoms with E-state index >= 15 is 0 Å². The molecule has 0 amide bonds. The largest absolute Gasteiger partial charge is 0.467 e. The van der Waals surface area contributed by atoms with Gasteiger partial charge in [0.2, 0.25) is 0 Å². The molecule has 0 radical (unpaired) electrons. The molecule has 0 spiro atoms. The summed E-state index contributed by atoms with van der Waals surface area (Å²) in [5.74, 6) is 1.27. The van der Waals surface area contributed by atoms with Gasteiger partial charge in [-0.25, -0.2) is 15.0 Å².